The van der Waals surface area contributed by atoms with Crippen molar-refractivity contribution in [1.82, 2.24) is 14.9 Å². The number of rotatable bonds is 9. The Morgan fingerprint density at radius 3 is 2.65 bits per heavy atom. The molecular weight excluding hydrogens is 464 g/mol. The van der Waals surface area contributed by atoms with E-state index >= 15 is 0 Å². The number of hydrogen-bond acceptors (Lipinski definition) is 7. The van der Waals surface area contributed by atoms with Gasteiger partial charge in [-0.25, -0.2) is 17.6 Å². The molecule has 13 heteroatoms. The topological polar surface area (TPSA) is 108 Å². The van der Waals surface area contributed by atoms with E-state index in [1.54, 1.807) is 13.0 Å². The number of alkyl halides is 2. The Morgan fingerprint density at radius 1 is 1.32 bits per heavy atom. The molecule has 3 rings (SSSR count). The number of ether oxygens (including phenoxy) is 4. The van der Waals surface area contributed by atoms with Gasteiger partial charge in [-0.3, -0.25) is 9.36 Å². The first-order valence-corrected chi connectivity index (χ1v) is 10.5. The van der Waals surface area contributed by atoms with Gasteiger partial charge in [0.05, 0.1) is 13.2 Å². The van der Waals surface area contributed by atoms with Crippen LogP contribution in [0, 0.1) is 23.0 Å². The van der Waals surface area contributed by atoms with Gasteiger partial charge in [0.2, 0.25) is 5.91 Å². The lowest BCUT2D eigenvalue weighted by Crippen LogP contribution is -2.39. The minimum atomic E-state index is -2.96. The molecule has 0 unspecified atom stereocenters. The van der Waals surface area contributed by atoms with E-state index in [1.165, 1.54) is 14.0 Å². The lowest BCUT2D eigenvalue weighted by molar-refractivity contribution is -0.186. The van der Waals surface area contributed by atoms with Gasteiger partial charge in [0.25, 0.3) is 12.4 Å². The molecule has 1 saturated heterocycles. The predicted molar refractivity (Wildman–Crippen MR) is 109 cm³/mol. The van der Waals surface area contributed by atoms with Crippen molar-refractivity contribution < 1.29 is 41.3 Å². The summed E-state index contributed by atoms with van der Waals surface area (Å²) >= 11 is 0. The molecule has 3 atom stereocenters. The summed E-state index contributed by atoms with van der Waals surface area (Å²) in [6.45, 7) is 2.35. The zero-order valence-electron chi connectivity index (χ0n) is 18.7. The Labute approximate surface area is 192 Å². The van der Waals surface area contributed by atoms with Crippen molar-refractivity contribution in [3.8, 4) is 17.8 Å². The average Bonchev–Trinajstić information content (AvgIpc) is 3.08. The van der Waals surface area contributed by atoms with Gasteiger partial charge < -0.3 is 24.3 Å². The van der Waals surface area contributed by atoms with Crippen LogP contribution < -0.4 is 14.8 Å². The lowest BCUT2D eigenvalue weighted by atomic mass is 10.1. The Bertz CT molecular complexity index is 1080. The van der Waals surface area contributed by atoms with Crippen molar-refractivity contribution in [2.75, 3.05) is 19.8 Å². The van der Waals surface area contributed by atoms with E-state index in [2.05, 4.69) is 15.0 Å². The molecule has 1 aromatic heterocycles. The molecule has 0 saturated carbocycles. The number of halogens is 4. The van der Waals surface area contributed by atoms with Crippen molar-refractivity contribution in [3.05, 3.63) is 17.2 Å². The minimum Gasteiger partial charge on any atom is -0.481 e. The number of fused-ring (bicyclic) bond motifs is 1. The number of aryl methyl sites for hydroxylation is 1. The van der Waals surface area contributed by atoms with Gasteiger partial charge >= 0.3 is 0 Å². The Hall–Kier alpha value is -3.11. The number of amides is 1. The second kappa shape index (κ2) is 10.9. The van der Waals surface area contributed by atoms with Gasteiger partial charge in [-0.05, 0) is 13.3 Å². The van der Waals surface area contributed by atoms with Crippen molar-refractivity contribution in [2.24, 2.45) is 7.05 Å². The van der Waals surface area contributed by atoms with E-state index in [9.17, 15) is 27.6 Å². The van der Waals surface area contributed by atoms with Crippen LogP contribution in [-0.2, 0) is 21.3 Å². The largest absolute Gasteiger partial charge is 0.481 e. The second-order valence-electron chi connectivity index (χ2n) is 7.81. The maximum atomic E-state index is 14.9. The number of carbonyl (C=O) groups excluding carboxylic acids is 1. The van der Waals surface area contributed by atoms with E-state index in [0.29, 0.717) is 12.8 Å². The number of nitriles is 1. The Balaban J connectivity index is 1.72. The first-order chi connectivity index (χ1) is 16.1. The summed E-state index contributed by atoms with van der Waals surface area (Å²) in [6.07, 6.45) is -2.98. The quantitative estimate of drug-likeness (QED) is 0.541. The molecule has 2 heterocycles. The first-order valence-electron chi connectivity index (χ1n) is 10.5. The molecule has 0 bridgehead atoms. The normalized spacial score (nSPS) is 19.1. The molecule has 9 nitrogen and oxygen atoms in total. The van der Waals surface area contributed by atoms with E-state index < -0.39 is 48.4 Å². The zero-order valence-corrected chi connectivity index (χ0v) is 18.7. The molecular formula is C21H24F4N4O5. The second-order valence-corrected chi connectivity index (χ2v) is 7.81. The summed E-state index contributed by atoms with van der Waals surface area (Å²) in [6, 6.07) is 1.28. The van der Waals surface area contributed by atoms with Crippen molar-refractivity contribution in [3.63, 3.8) is 0 Å². The van der Waals surface area contributed by atoms with Crippen LogP contribution in [0.25, 0.3) is 11.0 Å². The van der Waals surface area contributed by atoms with Crippen LogP contribution in [0.3, 0.4) is 0 Å². The van der Waals surface area contributed by atoms with Crippen LogP contribution in [0.5, 0.6) is 11.8 Å². The van der Waals surface area contributed by atoms with Gasteiger partial charge in [-0.2, -0.15) is 10.2 Å². The minimum absolute atomic E-state index is 0.108. The van der Waals surface area contributed by atoms with Gasteiger partial charge in [0.15, 0.2) is 23.7 Å². The van der Waals surface area contributed by atoms with Crippen LogP contribution >= 0.6 is 0 Å². The Kier molecular flexibility index (Phi) is 8.16. The molecule has 1 aliphatic heterocycles. The van der Waals surface area contributed by atoms with Gasteiger partial charge in [0, 0.05) is 26.4 Å². The van der Waals surface area contributed by atoms with E-state index in [4.69, 9.17) is 14.2 Å². The molecule has 1 N–H and O–H groups in total. The molecule has 0 radical (unpaired) electrons. The summed E-state index contributed by atoms with van der Waals surface area (Å²) < 4.78 is 77.2. The van der Waals surface area contributed by atoms with Crippen LogP contribution in [0.15, 0.2) is 0 Å². The number of imidazole rings is 1. The molecule has 1 aliphatic rings. The molecule has 2 aromatic rings. The maximum Gasteiger partial charge on any atom is 0.297 e. The fraction of sp³-hybridized carbons (Fsp3) is 0.571. The molecule has 34 heavy (non-hydrogen) atoms. The summed E-state index contributed by atoms with van der Waals surface area (Å²) in [7, 11) is 1.38. The van der Waals surface area contributed by atoms with Gasteiger partial charge in [-0.1, -0.05) is 0 Å². The summed E-state index contributed by atoms with van der Waals surface area (Å²) in [5, 5.41) is 12.0. The highest BCUT2D eigenvalue weighted by molar-refractivity contribution is 5.85. The third kappa shape index (κ3) is 5.68. The fourth-order valence-corrected chi connectivity index (χ4v) is 3.52. The highest BCUT2D eigenvalue weighted by Gasteiger charge is 2.30. The number of hydrogen-bond donors (Lipinski definition) is 1. The molecule has 1 fully saturated rings. The van der Waals surface area contributed by atoms with Crippen LogP contribution in [0.1, 0.15) is 32.3 Å². The van der Waals surface area contributed by atoms with Gasteiger partial charge in [-0.15, -0.1) is 0 Å². The average molecular weight is 488 g/mol. The number of benzene rings is 1. The SMILES string of the molecule is CC(=O)N[C@@H](C)CO[C@H]1CC[C@H](Oc2nc3c(C#N)c(F)c(OCC(F)F)c(F)c3n2C)CO1. The number of aromatic nitrogens is 2. The summed E-state index contributed by atoms with van der Waals surface area (Å²) in [5.41, 5.74) is -1.28. The van der Waals surface area contributed by atoms with Crippen molar-refractivity contribution in [1.29, 1.82) is 5.26 Å². The molecule has 0 aliphatic carbocycles. The standard InChI is InChI=1S/C21H24F4N4O5/c1-10(27-11(2)30)7-31-15-5-4-12(8-32-15)34-21-28-18-13(6-26)16(24)20(33-9-14(22)23)17(25)19(18)29(21)3/h10,12,14-15H,4-5,7-9H2,1-3H3,(H,27,30)/t10-,12-,15+/m0/s1. The van der Waals surface area contributed by atoms with Crippen LogP contribution in [-0.4, -0.2) is 60.1 Å². The molecule has 1 amide bonds. The van der Waals surface area contributed by atoms with Crippen molar-refractivity contribution >= 4 is 16.9 Å². The monoisotopic (exact) mass is 488 g/mol. The molecule has 0 spiro atoms. The van der Waals surface area contributed by atoms with Crippen molar-refractivity contribution in [2.45, 2.75) is 51.6 Å². The predicted octanol–water partition coefficient (Wildman–Crippen LogP) is 2.79. The zero-order chi connectivity index (χ0) is 25.0. The maximum absolute atomic E-state index is 14.9. The van der Waals surface area contributed by atoms with Crippen LogP contribution in [0.4, 0.5) is 17.6 Å². The lowest BCUT2D eigenvalue weighted by Gasteiger charge is -2.29. The molecule has 1 aromatic carbocycles. The Morgan fingerprint density at radius 2 is 2.06 bits per heavy atom. The number of nitrogens with zero attached hydrogens (tertiary/aromatic N) is 3. The third-order valence-corrected chi connectivity index (χ3v) is 5.03. The number of carbonyl (C=O) groups is 1. The third-order valence-electron chi connectivity index (χ3n) is 5.03. The van der Waals surface area contributed by atoms with E-state index in [-0.39, 0.29) is 42.2 Å². The van der Waals surface area contributed by atoms with Crippen LogP contribution in [0.2, 0.25) is 0 Å². The van der Waals surface area contributed by atoms with E-state index in [0.717, 1.165) is 4.57 Å². The summed E-state index contributed by atoms with van der Waals surface area (Å²) in [4.78, 5) is 15.1. The molecule has 186 valence electrons. The number of nitrogens with one attached hydrogen (secondary N) is 1. The fourth-order valence-electron chi connectivity index (χ4n) is 3.52. The highest BCUT2D eigenvalue weighted by Crippen LogP contribution is 2.35. The van der Waals surface area contributed by atoms with Gasteiger partial charge in [0.1, 0.15) is 35.4 Å². The first kappa shape index (κ1) is 25.5. The summed E-state index contributed by atoms with van der Waals surface area (Å²) in [5.74, 6) is -3.92. The smallest absolute Gasteiger partial charge is 0.297 e. The highest BCUT2D eigenvalue weighted by atomic mass is 19.3. The van der Waals surface area contributed by atoms with E-state index in [1.807, 2.05) is 0 Å².